The van der Waals surface area contributed by atoms with Gasteiger partial charge >= 0.3 is 0 Å². The maximum absolute atomic E-state index is 6.10. The molecule has 0 saturated heterocycles. The van der Waals surface area contributed by atoms with Crippen molar-refractivity contribution in [1.82, 2.24) is 0 Å². The van der Waals surface area contributed by atoms with E-state index in [1.54, 1.807) is 7.11 Å². The van der Waals surface area contributed by atoms with Gasteiger partial charge < -0.3 is 10.5 Å². The minimum absolute atomic E-state index is 0.0320. The molecule has 1 fully saturated rings. The quantitative estimate of drug-likeness (QED) is 0.701. The Labute approximate surface area is 75.5 Å². The van der Waals surface area contributed by atoms with Gasteiger partial charge in [0.1, 0.15) is 0 Å². The van der Waals surface area contributed by atoms with E-state index in [1.165, 1.54) is 6.42 Å². The van der Waals surface area contributed by atoms with Gasteiger partial charge in [-0.05, 0) is 31.6 Å². The monoisotopic (exact) mass is 171 g/mol. The SMILES string of the molecule is COC1(C(N)CC(C)C)CCC1. The summed E-state index contributed by atoms with van der Waals surface area (Å²) in [6.07, 6.45) is 4.66. The molecule has 0 aromatic carbocycles. The van der Waals surface area contributed by atoms with Crippen LogP contribution in [0.25, 0.3) is 0 Å². The summed E-state index contributed by atoms with van der Waals surface area (Å²) < 4.78 is 5.51. The molecule has 0 aromatic heterocycles. The van der Waals surface area contributed by atoms with Crippen LogP contribution in [-0.4, -0.2) is 18.8 Å². The molecular formula is C10H21NO. The van der Waals surface area contributed by atoms with E-state index in [2.05, 4.69) is 13.8 Å². The molecule has 0 aliphatic heterocycles. The van der Waals surface area contributed by atoms with Crippen LogP contribution < -0.4 is 5.73 Å². The molecule has 2 N–H and O–H groups in total. The van der Waals surface area contributed by atoms with Gasteiger partial charge in [-0.15, -0.1) is 0 Å². The maximum Gasteiger partial charge on any atom is 0.0829 e. The Bertz CT molecular complexity index is 135. The normalized spacial score (nSPS) is 23.8. The average molecular weight is 171 g/mol. The van der Waals surface area contributed by atoms with E-state index >= 15 is 0 Å². The third-order valence-corrected chi connectivity index (χ3v) is 3.01. The number of methoxy groups -OCH3 is 1. The molecule has 1 rings (SSSR count). The second-order valence-corrected chi connectivity index (χ2v) is 4.36. The zero-order valence-corrected chi connectivity index (χ0v) is 8.47. The van der Waals surface area contributed by atoms with Crippen molar-refractivity contribution in [2.75, 3.05) is 7.11 Å². The summed E-state index contributed by atoms with van der Waals surface area (Å²) in [5, 5.41) is 0. The van der Waals surface area contributed by atoms with Gasteiger partial charge in [-0.3, -0.25) is 0 Å². The topological polar surface area (TPSA) is 35.2 Å². The number of hydrogen-bond acceptors (Lipinski definition) is 2. The van der Waals surface area contributed by atoms with E-state index in [1.807, 2.05) is 0 Å². The first-order chi connectivity index (χ1) is 5.60. The van der Waals surface area contributed by atoms with Gasteiger partial charge in [0.2, 0.25) is 0 Å². The lowest BCUT2D eigenvalue weighted by Gasteiger charge is -2.45. The molecular weight excluding hydrogens is 150 g/mol. The Hall–Kier alpha value is -0.0800. The van der Waals surface area contributed by atoms with Crippen LogP contribution in [0.1, 0.15) is 39.5 Å². The van der Waals surface area contributed by atoms with Crippen LogP contribution in [0.15, 0.2) is 0 Å². The van der Waals surface area contributed by atoms with Gasteiger partial charge in [0.15, 0.2) is 0 Å². The van der Waals surface area contributed by atoms with Gasteiger partial charge in [0, 0.05) is 13.2 Å². The van der Waals surface area contributed by atoms with Crippen molar-refractivity contribution < 1.29 is 4.74 Å². The fourth-order valence-corrected chi connectivity index (χ4v) is 1.97. The maximum atomic E-state index is 6.10. The van der Waals surface area contributed by atoms with Crippen molar-refractivity contribution in [2.24, 2.45) is 11.7 Å². The van der Waals surface area contributed by atoms with Crippen molar-refractivity contribution >= 4 is 0 Å². The van der Waals surface area contributed by atoms with Gasteiger partial charge in [-0.25, -0.2) is 0 Å². The van der Waals surface area contributed by atoms with E-state index in [0.29, 0.717) is 5.92 Å². The first kappa shape index (κ1) is 10.0. The molecule has 12 heavy (non-hydrogen) atoms. The minimum atomic E-state index is 0.0320. The van der Waals surface area contributed by atoms with Crippen LogP contribution in [0.5, 0.6) is 0 Å². The Kier molecular flexibility index (Phi) is 3.13. The zero-order valence-electron chi connectivity index (χ0n) is 8.47. The van der Waals surface area contributed by atoms with Crippen LogP contribution >= 0.6 is 0 Å². The summed E-state index contributed by atoms with van der Waals surface area (Å²) in [4.78, 5) is 0. The van der Waals surface area contributed by atoms with Crippen LogP contribution in [0.2, 0.25) is 0 Å². The van der Waals surface area contributed by atoms with Gasteiger partial charge in [-0.2, -0.15) is 0 Å². The van der Waals surface area contributed by atoms with Crippen molar-refractivity contribution in [1.29, 1.82) is 0 Å². The molecule has 1 saturated carbocycles. The van der Waals surface area contributed by atoms with E-state index in [0.717, 1.165) is 19.3 Å². The predicted octanol–water partition coefficient (Wildman–Crippen LogP) is 1.93. The second kappa shape index (κ2) is 3.75. The lowest BCUT2D eigenvalue weighted by Crippen LogP contribution is -2.54. The highest BCUT2D eigenvalue weighted by Gasteiger charge is 2.42. The lowest BCUT2D eigenvalue weighted by atomic mass is 9.72. The first-order valence-corrected chi connectivity index (χ1v) is 4.91. The fourth-order valence-electron chi connectivity index (χ4n) is 1.97. The molecule has 72 valence electrons. The van der Waals surface area contributed by atoms with E-state index in [9.17, 15) is 0 Å². The Morgan fingerprint density at radius 3 is 2.25 bits per heavy atom. The number of nitrogens with two attached hydrogens (primary N) is 1. The largest absolute Gasteiger partial charge is 0.377 e. The molecule has 1 atom stereocenters. The highest BCUT2D eigenvalue weighted by molar-refractivity contribution is 4.98. The van der Waals surface area contributed by atoms with Crippen molar-refractivity contribution in [3.05, 3.63) is 0 Å². The fraction of sp³-hybridized carbons (Fsp3) is 1.00. The summed E-state index contributed by atoms with van der Waals surface area (Å²) >= 11 is 0. The number of ether oxygens (including phenoxy) is 1. The van der Waals surface area contributed by atoms with Crippen LogP contribution in [0.3, 0.4) is 0 Å². The third-order valence-electron chi connectivity index (χ3n) is 3.01. The molecule has 1 unspecified atom stereocenters. The summed E-state index contributed by atoms with van der Waals surface area (Å²) in [6, 6.07) is 0.233. The highest BCUT2D eigenvalue weighted by atomic mass is 16.5. The molecule has 0 spiro atoms. The molecule has 1 aliphatic carbocycles. The average Bonchev–Trinajstić information content (AvgIpc) is 1.83. The van der Waals surface area contributed by atoms with Crippen LogP contribution in [0.4, 0.5) is 0 Å². The molecule has 1 aliphatic rings. The van der Waals surface area contributed by atoms with Gasteiger partial charge in [-0.1, -0.05) is 13.8 Å². The number of rotatable bonds is 4. The summed E-state index contributed by atoms with van der Waals surface area (Å²) in [7, 11) is 1.79. The van der Waals surface area contributed by atoms with E-state index in [-0.39, 0.29) is 11.6 Å². The Morgan fingerprint density at radius 2 is 2.00 bits per heavy atom. The number of hydrogen-bond donors (Lipinski definition) is 1. The summed E-state index contributed by atoms with van der Waals surface area (Å²) in [5.41, 5.74) is 6.13. The molecule has 0 heterocycles. The van der Waals surface area contributed by atoms with Crippen LogP contribution in [0, 0.1) is 5.92 Å². The van der Waals surface area contributed by atoms with Gasteiger partial charge in [0.25, 0.3) is 0 Å². The molecule has 0 amide bonds. The van der Waals surface area contributed by atoms with Crippen molar-refractivity contribution in [3.63, 3.8) is 0 Å². The van der Waals surface area contributed by atoms with Crippen molar-refractivity contribution in [2.45, 2.75) is 51.2 Å². The summed E-state index contributed by atoms with van der Waals surface area (Å²) in [6.45, 7) is 4.42. The predicted molar refractivity (Wildman–Crippen MR) is 51.0 cm³/mol. The highest BCUT2D eigenvalue weighted by Crippen LogP contribution is 2.38. The molecule has 0 aromatic rings. The first-order valence-electron chi connectivity index (χ1n) is 4.91. The second-order valence-electron chi connectivity index (χ2n) is 4.36. The van der Waals surface area contributed by atoms with E-state index in [4.69, 9.17) is 10.5 Å². The standard InChI is InChI=1S/C10H21NO/c1-8(2)7-9(11)10(12-3)5-4-6-10/h8-9H,4-7,11H2,1-3H3. The smallest absolute Gasteiger partial charge is 0.0829 e. The Balaban J connectivity index is 2.43. The lowest BCUT2D eigenvalue weighted by molar-refractivity contribution is -0.0933. The zero-order chi connectivity index (χ0) is 9.19. The third kappa shape index (κ3) is 1.80. The molecule has 0 radical (unpaired) electrons. The minimum Gasteiger partial charge on any atom is -0.377 e. The Morgan fingerprint density at radius 1 is 1.42 bits per heavy atom. The van der Waals surface area contributed by atoms with Gasteiger partial charge in [0.05, 0.1) is 5.60 Å². The molecule has 2 heteroatoms. The molecule has 0 bridgehead atoms. The van der Waals surface area contributed by atoms with E-state index < -0.39 is 0 Å². The van der Waals surface area contributed by atoms with Crippen LogP contribution in [-0.2, 0) is 4.74 Å². The van der Waals surface area contributed by atoms with Crippen molar-refractivity contribution in [3.8, 4) is 0 Å². The molecule has 2 nitrogen and oxygen atoms in total. The summed E-state index contributed by atoms with van der Waals surface area (Å²) in [5.74, 6) is 0.674.